The maximum Gasteiger partial charge on any atom is 0.313 e. The Hall–Kier alpha value is -2.62. The summed E-state index contributed by atoms with van der Waals surface area (Å²) >= 11 is 0. The van der Waals surface area contributed by atoms with Crippen LogP contribution in [0.5, 0.6) is 0 Å². The molecule has 0 heterocycles. The summed E-state index contributed by atoms with van der Waals surface area (Å²) in [6, 6.07) is 13.4. The molecule has 20 heavy (non-hydrogen) atoms. The Balaban J connectivity index is 2.26. The molecule has 0 aliphatic carbocycles. The first kappa shape index (κ1) is 13.8. The monoisotopic (exact) mass is 268 g/mol. The minimum atomic E-state index is -0.997. The van der Waals surface area contributed by atoms with Crippen LogP contribution < -0.4 is 11.1 Å². The molecule has 0 aliphatic heterocycles. The number of hydrogen-bond acceptors (Lipinski definition) is 2. The first-order chi connectivity index (χ1) is 9.49. The van der Waals surface area contributed by atoms with Crippen LogP contribution in [0.2, 0.25) is 0 Å². The highest BCUT2D eigenvalue weighted by atomic mass is 16.2. The number of aryl methyl sites for hydroxylation is 1. The number of hydrogen-bond donors (Lipinski definition) is 2. The van der Waals surface area contributed by atoms with Gasteiger partial charge in [-0.25, -0.2) is 0 Å². The predicted octanol–water partition coefficient (Wildman–Crippen LogP) is 2.39. The number of amides is 2. The van der Waals surface area contributed by atoms with E-state index >= 15 is 0 Å². The largest absolute Gasteiger partial charge is 0.361 e. The molecular formula is C16H16N2O2. The Morgan fingerprint density at radius 3 is 2.25 bits per heavy atom. The van der Waals surface area contributed by atoms with E-state index in [0.717, 1.165) is 11.1 Å². The van der Waals surface area contributed by atoms with E-state index in [9.17, 15) is 9.59 Å². The molecule has 2 amide bonds. The fourth-order valence-corrected chi connectivity index (χ4v) is 1.99. The fraction of sp³-hybridized carbons (Fsp3) is 0.125. The van der Waals surface area contributed by atoms with E-state index in [1.54, 1.807) is 12.1 Å². The number of carbonyl (C=O) groups excluding carboxylic acids is 2. The second kappa shape index (κ2) is 5.57. The number of nitrogens with one attached hydrogen (secondary N) is 1. The third-order valence-electron chi connectivity index (χ3n) is 3.28. The van der Waals surface area contributed by atoms with Gasteiger partial charge in [-0.3, -0.25) is 9.59 Å². The Morgan fingerprint density at radius 1 is 1.00 bits per heavy atom. The number of nitrogens with two attached hydrogens (primary N) is 1. The van der Waals surface area contributed by atoms with Crippen LogP contribution in [0.15, 0.2) is 42.5 Å². The molecule has 0 saturated carbocycles. The molecule has 4 nitrogen and oxygen atoms in total. The highest BCUT2D eigenvalue weighted by molar-refractivity contribution is 6.39. The van der Waals surface area contributed by atoms with Gasteiger partial charge in [-0.2, -0.15) is 0 Å². The molecule has 3 N–H and O–H groups in total. The van der Waals surface area contributed by atoms with Gasteiger partial charge < -0.3 is 11.1 Å². The summed E-state index contributed by atoms with van der Waals surface area (Å²) in [5, 5.41) is 2.43. The van der Waals surface area contributed by atoms with Crippen molar-refractivity contribution in [2.45, 2.75) is 13.8 Å². The van der Waals surface area contributed by atoms with Gasteiger partial charge in [-0.05, 0) is 48.2 Å². The second-order valence-corrected chi connectivity index (χ2v) is 4.64. The predicted molar refractivity (Wildman–Crippen MR) is 79.2 cm³/mol. The van der Waals surface area contributed by atoms with E-state index in [-0.39, 0.29) is 0 Å². The zero-order chi connectivity index (χ0) is 14.7. The van der Waals surface area contributed by atoms with Crippen LogP contribution in [-0.4, -0.2) is 11.8 Å². The lowest BCUT2D eigenvalue weighted by Crippen LogP contribution is -2.29. The van der Waals surface area contributed by atoms with Crippen LogP contribution in [0.25, 0.3) is 11.1 Å². The van der Waals surface area contributed by atoms with Crippen LogP contribution in [0.4, 0.5) is 5.69 Å². The fourth-order valence-electron chi connectivity index (χ4n) is 1.99. The highest BCUT2D eigenvalue weighted by Gasteiger charge is 2.09. The normalized spacial score (nSPS) is 10.1. The number of primary amides is 1. The Bertz CT molecular complexity index is 661. The van der Waals surface area contributed by atoms with Crippen molar-refractivity contribution in [2.75, 3.05) is 5.32 Å². The Kier molecular flexibility index (Phi) is 3.84. The summed E-state index contributed by atoms with van der Waals surface area (Å²) in [6.07, 6.45) is 0. The zero-order valence-corrected chi connectivity index (χ0v) is 11.4. The molecule has 0 unspecified atom stereocenters. The molecule has 0 fully saturated rings. The lowest BCUT2D eigenvalue weighted by atomic mass is 9.97. The molecule has 4 heteroatoms. The standard InChI is InChI=1S/C16H16N2O2/c1-10-4-3-5-14(11(10)2)12-6-8-13(9-7-12)18-16(20)15(17)19/h3-9H,1-2H3,(H2,17,19)(H,18,20). The van der Waals surface area contributed by atoms with Gasteiger partial charge in [0.1, 0.15) is 0 Å². The lowest BCUT2D eigenvalue weighted by molar-refractivity contribution is -0.134. The van der Waals surface area contributed by atoms with E-state index in [2.05, 4.69) is 31.3 Å². The van der Waals surface area contributed by atoms with E-state index in [4.69, 9.17) is 5.73 Å². The highest BCUT2D eigenvalue weighted by Crippen LogP contribution is 2.26. The summed E-state index contributed by atoms with van der Waals surface area (Å²) in [5.74, 6) is -1.81. The van der Waals surface area contributed by atoms with Gasteiger partial charge in [0, 0.05) is 5.69 Å². The maximum absolute atomic E-state index is 11.2. The first-order valence-corrected chi connectivity index (χ1v) is 6.26. The van der Waals surface area contributed by atoms with Crippen molar-refractivity contribution in [2.24, 2.45) is 5.73 Å². The van der Waals surface area contributed by atoms with Crippen molar-refractivity contribution in [3.63, 3.8) is 0 Å². The van der Waals surface area contributed by atoms with Gasteiger partial charge in [0.2, 0.25) is 0 Å². The van der Waals surface area contributed by atoms with Crippen molar-refractivity contribution in [1.29, 1.82) is 0 Å². The summed E-state index contributed by atoms with van der Waals surface area (Å²) < 4.78 is 0. The summed E-state index contributed by atoms with van der Waals surface area (Å²) in [5.41, 5.74) is 10.1. The van der Waals surface area contributed by atoms with Gasteiger partial charge >= 0.3 is 11.8 Å². The van der Waals surface area contributed by atoms with Crippen LogP contribution in [0.1, 0.15) is 11.1 Å². The topological polar surface area (TPSA) is 72.2 Å². The average Bonchev–Trinajstić information content (AvgIpc) is 2.43. The second-order valence-electron chi connectivity index (χ2n) is 4.64. The van der Waals surface area contributed by atoms with Crippen LogP contribution in [0.3, 0.4) is 0 Å². The molecule has 0 atom stereocenters. The molecule has 0 spiro atoms. The molecule has 0 saturated heterocycles. The zero-order valence-electron chi connectivity index (χ0n) is 11.4. The SMILES string of the molecule is Cc1cccc(-c2ccc(NC(=O)C(N)=O)cc2)c1C. The van der Waals surface area contributed by atoms with Crippen LogP contribution in [-0.2, 0) is 9.59 Å². The first-order valence-electron chi connectivity index (χ1n) is 6.26. The van der Waals surface area contributed by atoms with Gasteiger partial charge in [0.05, 0.1) is 0 Å². The third-order valence-corrected chi connectivity index (χ3v) is 3.28. The molecule has 0 aliphatic rings. The van der Waals surface area contributed by atoms with E-state index < -0.39 is 11.8 Å². The lowest BCUT2D eigenvalue weighted by Gasteiger charge is -2.09. The van der Waals surface area contributed by atoms with Gasteiger partial charge in [-0.15, -0.1) is 0 Å². The number of benzene rings is 2. The quantitative estimate of drug-likeness (QED) is 0.821. The van der Waals surface area contributed by atoms with Crippen molar-refractivity contribution in [3.8, 4) is 11.1 Å². The van der Waals surface area contributed by atoms with E-state index in [0.29, 0.717) is 5.69 Å². The van der Waals surface area contributed by atoms with Gasteiger partial charge in [0.25, 0.3) is 0 Å². The smallest absolute Gasteiger partial charge is 0.313 e. The molecular weight excluding hydrogens is 252 g/mol. The molecule has 2 rings (SSSR count). The van der Waals surface area contributed by atoms with Crippen molar-refractivity contribution >= 4 is 17.5 Å². The summed E-state index contributed by atoms with van der Waals surface area (Å²) in [7, 11) is 0. The summed E-state index contributed by atoms with van der Waals surface area (Å²) in [6.45, 7) is 4.15. The minimum Gasteiger partial charge on any atom is -0.361 e. The van der Waals surface area contributed by atoms with Crippen molar-refractivity contribution in [1.82, 2.24) is 0 Å². The molecule has 2 aromatic carbocycles. The molecule has 0 aromatic heterocycles. The van der Waals surface area contributed by atoms with E-state index in [1.807, 2.05) is 18.2 Å². The van der Waals surface area contributed by atoms with Gasteiger partial charge in [-0.1, -0.05) is 30.3 Å². The third kappa shape index (κ3) is 2.85. The minimum absolute atomic E-state index is 0.544. The van der Waals surface area contributed by atoms with Crippen molar-refractivity contribution in [3.05, 3.63) is 53.6 Å². The summed E-state index contributed by atoms with van der Waals surface area (Å²) in [4.78, 5) is 21.9. The number of rotatable bonds is 2. The van der Waals surface area contributed by atoms with Crippen molar-refractivity contribution < 1.29 is 9.59 Å². The van der Waals surface area contributed by atoms with E-state index in [1.165, 1.54) is 11.1 Å². The Morgan fingerprint density at radius 2 is 1.65 bits per heavy atom. The average molecular weight is 268 g/mol. The number of anilines is 1. The molecule has 0 radical (unpaired) electrons. The van der Waals surface area contributed by atoms with Crippen LogP contribution >= 0.6 is 0 Å². The molecule has 2 aromatic rings. The maximum atomic E-state index is 11.2. The Labute approximate surface area is 117 Å². The molecule has 0 bridgehead atoms. The molecule has 102 valence electrons. The van der Waals surface area contributed by atoms with Gasteiger partial charge in [0.15, 0.2) is 0 Å². The van der Waals surface area contributed by atoms with Crippen LogP contribution in [0, 0.1) is 13.8 Å². The number of carbonyl (C=O) groups is 2.